The summed E-state index contributed by atoms with van der Waals surface area (Å²) < 4.78 is 0. The van der Waals surface area contributed by atoms with E-state index in [-0.39, 0.29) is 6.42 Å². The van der Waals surface area contributed by atoms with E-state index >= 15 is 0 Å². The van der Waals surface area contributed by atoms with E-state index in [4.69, 9.17) is 15.9 Å². The maximum absolute atomic E-state index is 11.7. The van der Waals surface area contributed by atoms with Gasteiger partial charge in [0.1, 0.15) is 11.9 Å². The summed E-state index contributed by atoms with van der Waals surface area (Å²) in [5.74, 6) is -1.20. The number of hydrogen-bond acceptors (Lipinski definition) is 6. The molecule has 3 atom stereocenters. The second kappa shape index (κ2) is 15.6. The molecular formula is C21H39NO6. The van der Waals surface area contributed by atoms with Crippen LogP contribution in [0, 0.1) is 0 Å². The minimum atomic E-state index is -2.28. The van der Waals surface area contributed by atoms with Gasteiger partial charge in [-0.2, -0.15) is 0 Å². The Morgan fingerprint density at radius 3 is 2.07 bits per heavy atom. The van der Waals surface area contributed by atoms with Gasteiger partial charge in [0.25, 0.3) is 0 Å². The van der Waals surface area contributed by atoms with Gasteiger partial charge in [-0.1, -0.05) is 51.2 Å². The molecule has 0 heterocycles. The topological polar surface area (TPSA) is 141 Å². The van der Waals surface area contributed by atoms with Crippen LogP contribution < -0.4 is 5.73 Å². The quantitative estimate of drug-likeness (QED) is 0.175. The van der Waals surface area contributed by atoms with E-state index in [0.717, 1.165) is 44.9 Å². The number of Topliss-reactive ketones (excluding diaryl/α,β-unsaturated/α-hetero) is 1. The number of aliphatic carboxylic acids is 1. The van der Waals surface area contributed by atoms with E-state index in [1.54, 1.807) is 6.08 Å². The van der Waals surface area contributed by atoms with Crippen molar-refractivity contribution in [1.82, 2.24) is 0 Å². The van der Waals surface area contributed by atoms with Crippen molar-refractivity contribution < 1.29 is 30.0 Å². The van der Waals surface area contributed by atoms with Gasteiger partial charge in [-0.25, -0.2) is 0 Å². The first-order valence-electron chi connectivity index (χ1n) is 10.5. The highest BCUT2D eigenvalue weighted by Crippen LogP contribution is 2.15. The van der Waals surface area contributed by atoms with Gasteiger partial charge in [0.15, 0.2) is 5.54 Å². The molecule has 7 nitrogen and oxygen atoms in total. The van der Waals surface area contributed by atoms with Crippen LogP contribution in [0.3, 0.4) is 0 Å². The number of carboxylic acids is 1. The van der Waals surface area contributed by atoms with Gasteiger partial charge in [0.2, 0.25) is 0 Å². The number of aliphatic hydroxyl groups is 3. The Hall–Kier alpha value is -1.28. The third-order valence-electron chi connectivity index (χ3n) is 4.98. The second-order valence-corrected chi connectivity index (χ2v) is 7.53. The molecule has 28 heavy (non-hydrogen) atoms. The van der Waals surface area contributed by atoms with E-state index in [1.165, 1.54) is 12.8 Å². The molecule has 0 aliphatic carbocycles. The molecule has 164 valence electrons. The molecule has 0 aromatic rings. The van der Waals surface area contributed by atoms with E-state index in [2.05, 4.69) is 6.92 Å². The van der Waals surface area contributed by atoms with Crippen molar-refractivity contribution >= 4 is 11.8 Å². The van der Waals surface area contributed by atoms with Crippen molar-refractivity contribution in [2.45, 2.75) is 102 Å². The third-order valence-corrected chi connectivity index (χ3v) is 4.98. The lowest BCUT2D eigenvalue weighted by molar-refractivity contribution is -0.155. The first kappa shape index (κ1) is 26.7. The highest BCUT2D eigenvalue weighted by Gasteiger charge is 2.44. The van der Waals surface area contributed by atoms with E-state index in [1.807, 2.05) is 6.08 Å². The summed E-state index contributed by atoms with van der Waals surface area (Å²) in [5.41, 5.74) is 3.16. The Morgan fingerprint density at radius 1 is 0.964 bits per heavy atom. The van der Waals surface area contributed by atoms with Gasteiger partial charge < -0.3 is 26.2 Å². The summed E-state index contributed by atoms with van der Waals surface area (Å²) in [6.07, 6.45) is 11.1. The Labute approximate surface area is 168 Å². The zero-order valence-electron chi connectivity index (χ0n) is 17.2. The van der Waals surface area contributed by atoms with Gasteiger partial charge in [0, 0.05) is 12.8 Å². The van der Waals surface area contributed by atoms with Crippen LogP contribution in [-0.4, -0.2) is 56.5 Å². The molecule has 0 fully saturated rings. The fourth-order valence-corrected chi connectivity index (χ4v) is 2.93. The molecule has 7 heteroatoms. The SMILES string of the molecule is CCCCCCC(=O)CCCCCC/C=C/C[C@@H](O)[C@H](O)[C@@](N)(CO)C(=O)O. The maximum atomic E-state index is 11.7. The number of ketones is 1. The molecule has 0 saturated heterocycles. The summed E-state index contributed by atoms with van der Waals surface area (Å²) in [7, 11) is 0. The number of rotatable bonds is 18. The maximum Gasteiger partial charge on any atom is 0.328 e. The molecule has 6 N–H and O–H groups in total. The fourth-order valence-electron chi connectivity index (χ4n) is 2.93. The average molecular weight is 402 g/mol. The van der Waals surface area contributed by atoms with E-state index < -0.39 is 30.3 Å². The zero-order valence-corrected chi connectivity index (χ0v) is 17.2. The number of nitrogens with two attached hydrogens (primary N) is 1. The molecule has 0 radical (unpaired) electrons. The van der Waals surface area contributed by atoms with Crippen LogP contribution >= 0.6 is 0 Å². The predicted octanol–water partition coefficient (Wildman–Crippen LogP) is 2.31. The van der Waals surface area contributed by atoms with Crippen molar-refractivity contribution in [2.75, 3.05) is 6.61 Å². The number of aliphatic hydroxyl groups excluding tert-OH is 3. The lowest BCUT2D eigenvalue weighted by Crippen LogP contribution is -2.63. The monoisotopic (exact) mass is 401 g/mol. The van der Waals surface area contributed by atoms with Gasteiger partial charge >= 0.3 is 5.97 Å². The fraction of sp³-hybridized carbons (Fsp3) is 0.810. The van der Waals surface area contributed by atoms with E-state index in [0.29, 0.717) is 18.6 Å². The van der Waals surface area contributed by atoms with Crippen LogP contribution in [0.15, 0.2) is 12.2 Å². The highest BCUT2D eigenvalue weighted by molar-refractivity contribution is 5.79. The van der Waals surface area contributed by atoms with Gasteiger partial charge in [-0.05, 0) is 32.1 Å². The molecule has 0 amide bonds. The Morgan fingerprint density at radius 2 is 1.54 bits per heavy atom. The van der Waals surface area contributed by atoms with Gasteiger partial charge in [0.05, 0.1) is 12.7 Å². The molecule has 0 aromatic carbocycles. The molecule has 0 rings (SSSR count). The Kier molecular flexibility index (Phi) is 14.9. The Balaban J connectivity index is 3.80. The van der Waals surface area contributed by atoms with Crippen LogP contribution in [0.1, 0.15) is 84.0 Å². The van der Waals surface area contributed by atoms with Crippen LogP contribution in [0.25, 0.3) is 0 Å². The third kappa shape index (κ3) is 10.9. The van der Waals surface area contributed by atoms with Crippen LogP contribution in [0.5, 0.6) is 0 Å². The Bertz CT molecular complexity index is 468. The number of unbranched alkanes of at least 4 members (excludes halogenated alkanes) is 7. The van der Waals surface area contributed by atoms with Crippen molar-refractivity contribution in [3.05, 3.63) is 12.2 Å². The largest absolute Gasteiger partial charge is 0.480 e. The lowest BCUT2D eigenvalue weighted by Gasteiger charge is -2.30. The number of hydrogen-bond donors (Lipinski definition) is 5. The van der Waals surface area contributed by atoms with Crippen LogP contribution in [0.2, 0.25) is 0 Å². The minimum absolute atomic E-state index is 0.0555. The summed E-state index contributed by atoms with van der Waals surface area (Å²) in [4.78, 5) is 22.7. The van der Waals surface area contributed by atoms with E-state index in [9.17, 15) is 19.8 Å². The zero-order chi connectivity index (χ0) is 21.4. The lowest BCUT2D eigenvalue weighted by atomic mass is 9.89. The van der Waals surface area contributed by atoms with Crippen LogP contribution in [-0.2, 0) is 9.59 Å². The van der Waals surface area contributed by atoms with Crippen LogP contribution in [0.4, 0.5) is 0 Å². The van der Waals surface area contributed by atoms with Gasteiger partial charge in [-0.15, -0.1) is 0 Å². The molecule has 0 spiro atoms. The summed E-state index contributed by atoms with van der Waals surface area (Å²) in [5, 5.41) is 37.8. The highest BCUT2D eigenvalue weighted by atomic mass is 16.4. The predicted molar refractivity (Wildman–Crippen MR) is 109 cm³/mol. The molecule has 0 aliphatic rings. The standard InChI is InChI=1S/C21H39NO6/c1-2-3-4-10-13-17(24)14-11-8-6-5-7-9-12-15-18(25)19(26)21(22,16-23)20(27)28/h9,12,18-19,23,25-26H,2-8,10-11,13-16,22H2,1H3,(H,27,28)/b12-9+/t18-,19+,21+/m1/s1. The minimum Gasteiger partial charge on any atom is -0.480 e. The van der Waals surface area contributed by atoms with Crippen molar-refractivity contribution in [3.63, 3.8) is 0 Å². The second-order valence-electron chi connectivity index (χ2n) is 7.53. The van der Waals surface area contributed by atoms with Crippen molar-refractivity contribution in [2.24, 2.45) is 5.73 Å². The summed E-state index contributed by atoms with van der Waals surface area (Å²) in [6, 6.07) is 0. The number of carbonyl (C=O) groups excluding carboxylic acids is 1. The molecule has 0 saturated carbocycles. The number of allylic oxidation sites excluding steroid dienone is 1. The average Bonchev–Trinajstić information content (AvgIpc) is 2.68. The first-order chi connectivity index (χ1) is 13.3. The first-order valence-corrected chi connectivity index (χ1v) is 10.5. The number of carboxylic acid groups (broad SMARTS) is 1. The number of carbonyl (C=O) groups is 2. The molecule has 0 bridgehead atoms. The van der Waals surface area contributed by atoms with Crippen molar-refractivity contribution in [3.8, 4) is 0 Å². The summed E-state index contributed by atoms with van der Waals surface area (Å²) in [6.45, 7) is 1.19. The normalized spacial score (nSPS) is 16.0. The van der Waals surface area contributed by atoms with Crippen molar-refractivity contribution in [1.29, 1.82) is 0 Å². The molecular weight excluding hydrogens is 362 g/mol. The van der Waals surface area contributed by atoms with Gasteiger partial charge in [-0.3, -0.25) is 9.59 Å². The summed E-state index contributed by atoms with van der Waals surface area (Å²) >= 11 is 0. The smallest absolute Gasteiger partial charge is 0.328 e. The molecule has 0 aliphatic heterocycles. The molecule has 0 aromatic heterocycles. The molecule has 0 unspecified atom stereocenters.